The molecule has 6 nitrogen and oxygen atoms in total. The van der Waals surface area contributed by atoms with Gasteiger partial charge in [-0.25, -0.2) is 13.1 Å². The first-order valence-corrected chi connectivity index (χ1v) is 9.60. The van der Waals surface area contributed by atoms with E-state index in [9.17, 15) is 18.0 Å². The van der Waals surface area contributed by atoms with E-state index in [0.29, 0.717) is 25.3 Å². The zero-order chi connectivity index (χ0) is 16.0. The minimum absolute atomic E-state index is 0.0556. The summed E-state index contributed by atoms with van der Waals surface area (Å²) in [5.74, 6) is -0.244. The molecule has 1 saturated heterocycles. The van der Waals surface area contributed by atoms with Gasteiger partial charge in [-0.3, -0.25) is 9.59 Å². The molecule has 1 unspecified atom stereocenters. The van der Waals surface area contributed by atoms with Crippen molar-refractivity contribution in [2.75, 3.05) is 6.54 Å². The van der Waals surface area contributed by atoms with Crippen molar-refractivity contribution >= 4 is 33.2 Å². The summed E-state index contributed by atoms with van der Waals surface area (Å²) in [7, 11) is -3.85. The predicted octanol–water partition coefficient (Wildman–Crippen LogP) is 1.34. The second-order valence-corrected chi connectivity index (χ2v) is 8.94. The van der Waals surface area contributed by atoms with Crippen LogP contribution in [0.3, 0.4) is 0 Å². The number of hydrogen-bond acceptors (Lipinski definition) is 5. The largest absolute Gasteiger partial charge is 0.328 e. The van der Waals surface area contributed by atoms with Gasteiger partial charge >= 0.3 is 0 Å². The average Bonchev–Trinajstić information content (AvgIpc) is 3.05. The minimum atomic E-state index is -3.85. The SMILES string of the molecule is CC1(C(=O)NS(=O)(=O)c2cccs2)CCN1C(=O)CC1CC1. The predicted molar refractivity (Wildman–Crippen MR) is 81.7 cm³/mol. The summed E-state index contributed by atoms with van der Waals surface area (Å²) < 4.78 is 26.5. The summed E-state index contributed by atoms with van der Waals surface area (Å²) in [5, 5.41) is 1.63. The van der Waals surface area contributed by atoms with Crippen molar-refractivity contribution in [3.8, 4) is 0 Å². The van der Waals surface area contributed by atoms with Crippen LogP contribution in [-0.4, -0.2) is 37.2 Å². The van der Waals surface area contributed by atoms with Gasteiger partial charge < -0.3 is 4.90 Å². The number of amides is 2. The summed E-state index contributed by atoms with van der Waals surface area (Å²) in [6, 6.07) is 3.06. The lowest BCUT2D eigenvalue weighted by atomic mass is 9.85. The van der Waals surface area contributed by atoms with Crippen molar-refractivity contribution in [3.63, 3.8) is 0 Å². The fraction of sp³-hybridized carbons (Fsp3) is 0.571. The van der Waals surface area contributed by atoms with Gasteiger partial charge in [0.1, 0.15) is 9.75 Å². The molecule has 120 valence electrons. The van der Waals surface area contributed by atoms with Gasteiger partial charge in [-0.05, 0) is 43.6 Å². The van der Waals surface area contributed by atoms with Crippen molar-refractivity contribution in [2.45, 2.75) is 42.4 Å². The second kappa shape index (κ2) is 5.34. The average molecular weight is 342 g/mol. The first-order chi connectivity index (χ1) is 10.3. The smallest absolute Gasteiger partial charge is 0.273 e. The monoisotopic (exact) mass is 342 g/mol. The molecule has 1 N–H and O–H groups in total. The third kappa shape index (κ3) is 2.77. The standard InChI is InChI=1S/C14H18N2O4S2/c1-14(6-7-16(14)11(17)9-10-4-5-10)13(18)15-22(19,20)12-3-2-8-21-12/h2-3,8,10H,4-7,9H2,1H3,(H,15,18). The highest BCUT2D eigenvalue weighted by Crippen LogP contribution is 2.37. The lowest BCUT2D eigenvalue weighted by molar-refractivity contribution is -0.156. The molecule has 1 aromatic heterocycles. The number of nitrogens with zero attached hydrogens (tertiary/aromatic N) is 1. The molecule has 1 aliphatic carbocycles. The van der Waals surface area contributed by atoms with E-state index in [1.54, 1.807) is 18.4 Å². The third-order valence-electron chi connectivity index (χ3n) is 4.36. The first kappa shape index (κ1) is 15.5. The molecule has 0 spiro atoms. The Labute approximate surface area is 133 Å². The molecule has 1 aromatic rings. The van der Waals surface area contributed by atoms with E-state index in [0.717, 1.165) is 24.2 Å². The second-order valence-electron chi connectivity index (χ2n) is 6.08. The summed E-state index contributed by atoms with van der Waals surface area (Å²) >= 11 is 1.05. The van der Waals surface area contributed by atoms with Gasteiger partial charge in [0.15, 0.2) is 0 Å². The molecular weight excluding hydrogens is 324 g/mol. The summed E-state index contributed by atoms with van der Waals surface area (Å²) in [4.78, 5) is 26.1. The van der Waals surface area contributed by atoms with E-state index in [1.165, 1.54) is 11.0 Å². The van der Waals surface area contributed by atoms with Crippen molar-refractivity contribution < 1.29 is 18.0 Å². The van der Waals surface area contributed by atoms with Crippen molar-refractivity contribution in [2.24, 2.45) is 5.92 Å². The highest BCUT2D eigenvalue weighted by molar-refractivity contribution is 7.92. The van der Waals surface area contributed by atoms with Gasteiger partial charge in [0.2, 0.25) is 5.91 Å². The van der Waals surface area contributed by atoms with Crippen LogP contribution in [0, 0.1) is 5.92 Å². The van der Waals surface area contributed by atoms with E-state index in [2.05, 4.69) is 4.72 Å². The Morgan fingerprint density at radius 2 is 2.18 bits per heavy atom. The summed E-state index contributed by atoms with van der Waals surface area (Å²) in [6.07, 6.45) is 3.07. The van der Waals surface area contributed by atoms with Gasteiger partial charge in [-0.15, -0.1) is 11.3 Å². The number of thiophene rings is 1. The Morgan fingerprint density at radius 3 is 2.68 bits per heavy atom. The normalized spacial score (nSPS) is 24.7. The molecule has 2 heterocycles. The zero-order valence-electron chi connectivity index (χ0n) is 12.2. The fourth-order valence-electron chi connectivity index (χ4n) is 2.57. The number of carbonyl (C=O) groups excluding carboxylic acids is 2. The molecule has 8 heteroatoms. The molecule has 3 rings (SSSR count). The number of rotatable bonds is 5. The number of hydrogen-bond donors (Lipinski definition) is 1. The van der Waals surface area contributed by atoms with Gasteiger partial charge in [0.05, 0.1) is 0 Å². The highest BCUT2D eigenvalue weighted by Gasteiger charge is 2.50. The van der Waals surface area contributed by atoms with E-state index in [4.69, 9.17) is 0 Å². The highest BCUT2D eigenvalue weighted by atomic mass is 32.2. The van der Waals surface area contributed by atoms with Crippen LogP contribution in [0.4, 0.5) is 0 Å². The van der Waals surface area contributed by atoms with E-state index in [-0.39, 0.29) is 10.1 Å². The molecule has 2 aliphatic rings. The topological polar surface area (TPSA) is 83.6 Å². The third-order valence-corrected chi connectivity index (χ3v) is 7.08. The first-order valence-electron chi connectivity index (χ1n) is 7.24. The molecule has 1 saturated carbocycles. The van der Waals surface area contributed by atoms with Crippen molar-refractivity contribution in [3.05, 3.63) is 17.5 Å². The number of sulfonamides is 1. The zero-order valence-corrected chi connectivity index (χ0v) is 13.9. The number of likely N-dealkylation sites (tertiary alicyclic amines) is 1. The molecule has 2 fully saturated rings. The Hall–Kier alpha value is -1.41. The molecule has 1 atom stereocenters. The van der Waals surface area contributed by atoms with Crippen molar-refractivity contribution in [1.29, 1.82) is 0 Å². The lowest BCUT2D eigenvalue weighted by Gasteiger charge is -2.49. The fourth-order valence-corrected chi connectivity index (χ4v) is 4.64. The summed E-state index contributed by atoms with van der Waals surface area (Å²) in [5.41, 5.74) is -1.06. The molecule has 0 bridgehead atoms. The Balaban J connectivity index is 1.69. The van der Waals surface area contributed by atoms with Gasteiger partial charge in [-0.2, -0.15) is 0 Å². The van der Waals surface area contributed by atoms with Crippen LogP contribution in [0.1, 0.15) is 32.6 Å². The van der Waals surface area contributed by atoms with Crippen LogP contribution in [0.15, 0.2) is 21.7 Å². The van der Waals surface area contributed by atoms with Crippen LogP contribution in [0.5, 0.6) is 0 Å². The molecule has 1 aliphatic heterocycles. The molecule has 22 heavy (non-hydrogen) atoms. The molecule has 0 aromatic carbocycles. The van der Waals surface area contributed by atoms with Gasteiger partial charge in [-0.1, -0.05) is 6.07 Å². The maximum atomic E-state index is 12.4. The van der Waals surface area contributed by atoms with Gasteiger partial charge in [0, 0.05) is 13.0 Å². The molecule has 2 amide bonds. The number of nitrogens with one attached hydrogen (secondary N) is 1. The van der Waals surface area contributed by atoms with Crippen molar-refractivity contribution in [1.82, 2.24) is 9.62 Å². The minimum Gasteiger partial charge on any atom is -0.328 e. The van der Waals surface area contributed by atoms with Crippen LogP contribution in [-0.2, 0) is 19.6 Å². The van der Waals surface area contributed by atoms with E-state index < -0.39 is 21.5 Å². The molecular formula is C14H18N2O4S2. The van der Waals surface area contributed by atoms with E-state index in [1.807, 2.05) is 0 Å². The lowest BCUT2D eigenvalue weighted by Crippen LogP contribution is -2.67. The van der Waals surface area contributed by atoms with Crippen LogP contribution < -0.4 is 4.72 Å². The van der Waals surface area contributed by atoms with Crippen LogP contribution in [0.2, 0.25) is 0 Å². The summed E-state index contributed by atoms with van der Waals surface area (Å²) in [6.45, 7) is 2.13. The maximum absolute atomic E-state index is 12.4. The Bertz CT molecular complexity index is 694. The maximum Gasteiger partial charge on any atom is 0.273 e. The molecule has 0 radical (unpaired) electrons. The van der Waals surface area contributed by atoms with Gasteiger partial charge in [0.25, 0.3) is 15.9 Å². The number of carbonyl (C=O) groups is 2. The van der Waals surface area contributed by atoms with Crippen LogP contribution in [0.25, 0.3) is 0 Å². The Morgan fingerprint density at radius 1 is 1.45 bits per heavy atom. The van der Waals surface area contributed by atoms with E-state index >= 15 is 0 Å². The quantitative estimate of drug-likeness (QED) is 0.875. The van der Waals surface area contributed by atoms with Crippen LogP contribution >= 0.6 is 11.3 Å². The Kier molecular flexibility index (Phi) is 3.76.